The topological polar surface area (TPSA) is 118 Å². The van der Waals surface area contributed by atoms with E-state index in [4.69, 9.17) is 9.47 Å². The molecule has 0 aliphatic heterocycles. The number of alkyl carbamates (subject to hydrolysis) is 1. The molecule has 3 aromatic rings. The van der Waals surface area contributed by atoms with Gasteiger partial charge in [0.15, 0.2) is 0 Å². The van der Waals surface area contributed by atoms with E-state index in [1.54, 1.807) is 27.0 Å². The van der Waals surface area contributed by atoms with Crippen LogP contribution in [-0.4, -0.2) is 44.6 Å². The molecule has 35 heavy (non-hydrogen) atoms. The molecule has 2 amide bonds. The van der Waals surface area contributed by atoms with Gasteiger partial charge in [-0.05, 0) is 57.4 Å². The quantitative estimate of drug-likeness (QED) is 0.455. The highest BCUT2D eigenvalue weighted by Gasteiger charge is 2.27. The lowest BCUT2D eigenvalue weighted by atomic mass is 9.95. The van der Waals surface area contributed by atoms with Gasteiger partial charge in [-0.3, -0.25) is 4.79 Å². The van der Waals surface area contributed by atoms with Crippen molar-refractivity contribution in [2.24, 2.45) is 0 Å². The maximum Gasteiger partial charge on any atom is 0.408 e. The average molecular weight is 480 g/mol. The van der Waals surface area contributed by atoms with Crippen LogP contribution < -0.4 is 15.4 Å². The van der Waals surface area contributed by atoms with Crippen LogP contribution in [0.15, 0.2) is 42.9 Å². The Morgan fingerprint density at radius 2 is 1.83 bits per heavy atom. The lowest BCUT2D eigenvalue weighted by molar-refractivity contribution is -0.124. The molecule has 186 valence electrons. The second-order valence-electron chi connectivity index (χ2n) is 9.91. The number of rotatable bonds is 7. The van der Waals surface area contributed by atoms with Crippen LogP contribution in [0.4, 0.5) is 4.79 Å². The van der Waals surface area contributed by atoms with Crippen molar-refractivity contribution in [1.82, 2.24) is 25.6 Å². The molecule has 1 fully saturated rings. The fraction of sp³-hybridized carbons (Fsp3) is 0.462. The molecule has 1 saturated carbocycles. The Kier molecular flexibility index (Phi) is 7.53. The van der Waals surface area contributed by atoms with Crippen LogP contribution >= 0.6 is 0 Å². The molecule has 0 spiro atoms. The summed E-state index contributed by atoms with van der Waals surface area (Å²) in [5, 5.41) is 6.66. The van der Waals surface area contributed by atoms with E-state index in [1.807, 2.05) is 30.3 Å². The molecular weight excluding hydrogens is 446 g/mol. The van der Waals surface area contributed by atoms with Gasteiger partial charge in [0.1, 0.15) is 29.4 Å². The minimum atomic E-state index is -0.750. The number of fused-ring (bicyclic) bond motifs is 1. The van der Waals surface area contributed by atoms with Gasteiger partial charge in [-0.25, -0.2) is 14.8 Å². The number of aromatic amines is 1. The molecule has 1 aromatic carbocycles. The highest BCUT2D eigenvalue weighted by Crippen LogP contribution is 2.26. The first-order chi connectivity index (χ1) is 16.8. The summed E-state index contributed by atoms with van der Waals surface area (Å²) in [6.45, 7) is 5.38. The Balaban J connectivity index is 1.44. The standard InChI is InChI=1S/C26H33N5O4/c1-26(2,3)35-25(33)31-21(23(32)30-18-7-5-4-6-8-18)15-17-9-11-19(12-10-17)34-24-20-13-14-27-22(20)28-16-29-24/h9-14,16,18,21H,4-8,15H2,1-3H3,(H,30,32)(H,31,33)(H,27,28,29). The Morgan fingerprint density at radius 3 is 2.54 bits per heavy atom. The number of hydrogen-bond donors (Lipinski definition) is 3. The highest BCUT2D eigenvalue weighted by molar-refractivity contribution is 5.86. The summed E-state index contributed by atoms with van der Waals surface area (Å²) in [5.74, 6) is 0.873. The first kappa shape index (κ1) is 24.5. The van der Waals surface area contributed by atoms with Crippen LogP contribution in [0.3, 0.4) is 0 Å². The van der Waals surface area contributed by atoms with Gasteiger partial charge in [-0.2, -0.15) is 0 Å². The third kappa shape index (κ3) is 6.94. The number of ether oxygens (including phenoxy) is 2. The van der Waals surface area contributed by atoms with Crippen LogP contribution in [0.25, 0.3) is 11.0 Å². The molecule has 3 N–H and O–H groups in total. The minimum absolute atomic E-state index is 0.146. The van der Waals surface area contributed by atoms with Crippen LogP contribution in [0, 0.1) is 0 Å². The van der Waals surface area contributed by atoms with E-state index in [1.165, 1.54) is 12.7 Å². The molecule has 4 rings (SSSR count). The number of hydrogen-bond acceptors (Lipinski definition) is 6. The summed E-state index contributed by atoms with van der Waals surface area (Å²) in [7, 11) is 0. The molecule has 2 aromatic heterocycles. The second kappa shape index (κ2) is 10.8. The zero-order chi connectivity index (χ0) is 24.8. The Labute approximate surface area is 205 Å². The number of amides is 2. The van der Waals surface area contributed by atoms with Gasteiger partial charge in [0, 0.05) is 18.7 Å². The summed E-state index contributed by atoms with van der Waals surface area (Å²) in [6, 6.07) is 8.65. The molecule has 1 unspecified atom stereocenters. The summed E-state index contributed by atoms with van der Waals surface area (Å²) in [5.41, 5.74) is 0.928. The van der Waals surface area contributed by atoms with Crippen molar-refractivity contribution >= 4 is 23.0 Å². The molecule has 0 bridgehead atoms. The summed E-state index contributed by atoms with van der Waals surface area (Å²) in [6.07, 6.45) is 8.30. The number of nitrogens with zero attached hydrogens (tertiary/aromatic N) is 2. The number of carbonyl (C=O) groups excluding carboxylic acids is 2. The van der Waals surface area contributed by atoms with Gasteiger partial charge in [-0.15, -0.1) is 0 Å². The number of aromatic nitrogens is 3. The van der Waals surface area contributed by atoms with Crippen LogP contribution in [0.5, 0.6) is 11.6 Å². The van der Waals surface area contributed by atoms with E-state index in [2.05, 4.69) is 25.6 Å². The van der Waals surface area contributed by atoms with E-state index in [0.717, 1.165) is 36.6 Å². The van der Waals surface area contributed by atoms with Gasteiger partial charge in [-0.1, -0.05) is 31.4 Å². The first-order valence-electron chi connectivity index (χ1n) is 12.1. The minimum Gasteiger partial charge on any atom is -0.444 e. The fourth-order valence-electron chi connectivity index (χ4n) is 4.18. The average Bonchev–Trinajstić information content (AvgIpc) is 3.29. The first-order valence-corrected chi connectivity index (χ1v) is 12.1. The van der Waals surface area contributed by atoms with Gasteiger partial charge in [0.2, 0.25) is 11.8 Å². The third-order valence-electron chi connectivity index (χ3n) is 5.85. The molecule has 2 heterocycles. The Hall–Kier alpha value is -3.62. The summed E-state index contributed by atoms with van der Waals surface area (Å²) in [4.78, 5) is 37.0. The Bertz CT molecular complexity index is 1150. The Morgan fingerprint density at radius 1 is 1.09 bits per heavy atom. The maximum absolute atomic E-state index is 13.1. The highest BCUT2D eigenvalue weighted by atomic mass is 16.6. The van der Waals surface area contributed by atoms with Gasteiger partial charge < -0.3 is 25.1 Å². The monoisotopic (exact) mass is 479 g/mol. The van der Waals surface area contributed by atoms with Crippen molar-refractivity contribution in [3.05, 3.63) is 48.4 Å². The van der Waals surface area contributed by atoms with E-state index >= 15 is 0 Å². The number of H-pyrrole nitrogens is 1. The maximum atomic E-state index is 13.1. The van der Waals surface area contributed by atoms with Crippen molar-refractivity contribution in [1.29, 1.82) is 0 Å². The van der Waals surface area contributed by atoms with Gasteiger partial charge in [0.05, 0.1) is 5.39 Å². The van der Waals surface area contributed by atoms with Gasteiger partial charge >= 0.3 is 6.09 Å². The van der Waals surface area contributed by atoms with Crippen LogP contribution in [0.2, 0.25) is 0 Å². The molecular formula is C26H33N5O4. The predicted molar refractivity (Wildman–Crippen MR) is 132 cm³/mol. The third-order valence-corrected chi connectivity index (χ3v) is 5.85. The van der Waals surface area contributed by atoms with Gasteiger partial charge in [0.25, 0.3) is 0 Å². The molecule has 1 aliphatic carbocycles. The molecule has 0 radical (unpaired) electrons. The van der Waals surface area contributed by atoms with E-state index < -0.39 is 17.7 Å². The largest absolute Gasteiger partial charge is 0.444 e. The van der Waals surface area contributed by atoms with Crippen molar-refractivity contribution in [2.45, 2.75) is 77.0 Å². The lowest BCUT2D eigenvalue weighted by Gasteiger charge is -2.27. The van der Waals surface area contributed by atoms with Crippen molar-refractivity contribution in [3.63, 3.8) is 0 Å². The zero-order valence-electron chi connectivity index (χ0n) is 20.5. The lowest BCUT2D eigenvalue weighted by Crippen LogP contribution is -2.51. The van der Waals surface area contributed by atoms with E-state index in [-0.39, 0.29) is 11.9 Å². The molecule has 1 atom stereocenters. The molecule has 1 aliphatic rings. The van der Waals surface area contributed by atoms with E-state index in [0.29, 0.717) is 23.7 Å². The predicted octanol–water partition coefficient (Wildman–Crippen LogP) is 4.63. The van der Waals surface area contributed by atoms with E-state index in [9.17, 15) is 9.59 Å². The van der Waals surface area contributed by atoms with Crippen molar-refractivity contribution in [2.75, 3.05) is 0 Å². The number of benzene rings is 1. The number of carbonyl (C=O) groups is 2. The van der Waals surface area contributed by atoms with Crippen molar-refractivity contribution in [3.8, 4) is 11.6 Å². The van der Waals surface area contributed by atoms with Crippen LogP contribution in [0.1, 0.15) is 58.4 Å². The summed E-state index contributed by atoms with van der Waals surface area (Å²) >= 11 is 0. The second-order valence-corrected chi connectivity index (χ2v) is 9.91. The zero-order valence-corrected chi connectivity index (χ0v) is 20.5. The van der Waals surface area contributed by atoms with Crippen LogP contribution in [-0.2, 0) is 16.0 Å². The molecule has 9 nitrogen and oxygen atoms in total. The number of nitrogens with one attached hydrogen (secondary N) is 3. The summed E-state index contributed by atoms with van der Waals surface area (Å²) < 4.78 is 11.3. The smallest absolute Gasteiger partial charge is 0.408 e. The molecule has 0 saturated heterocycles. The molecule has 9 heteroatoms. The fourth-order valence-corrected chi connectivity index (χ4v) is 4.18. The normalized spacial score (nSPS) is 15.4. The van der Waals surface area contributed by atoms with Crippen molar-refractivity contribution < 1.29 is 19.1 Å². The SMILES string of the molecule is CC(C)(C)OC(=O)NC(Cc1ccc(Oc2ncnc3[nH]ccc23)cc1)C(=O)NC1CCCCC1.